The molecule has 1 fully saturated rings. The summed E-state index contributed by atoms with van der Waals surface area (Å²) >= 11 is 0. The average Bonchev–Trinajstić information content (AvgIpc) is 2.66. The second-order valence-electron chi connectivity index (χ2n) is 6.12. The lowest BCUT2D eigenvalue weighted by molar-refractivity contribution is 0.0637. The number of pyridine rings is 1. The maximum atomic E-state index is 12.8. The van der Waals surface area contributed by atoms with Gasteiger partial charge < -0.3 is 15.1 Å². The van der Waals surface area contributed by atoms with Gasteiger partial charge in [-0.05, 0) is 31.2 Å². The molecule has 1 aliphatic rings. The van der Waals surface area contributed by atoms with Crippen molar-refractivity contribution >= 4 is 11.7 Å². The number of nitrogens with one attached hydrogen (secondary N) is 1. The quantitative estimate of drug-likeness (QED) is 0.891. The molecule has 0 atom stereocenters. The monoisotopic (exact) mass is 340 g/mol. The Kier molecular flexibility index (Phi) is 5.55. The summed E-state index contributed by atoms with van der Waals surface area (Å²) in [6, 6.07) is 5.63. The van der Waals surface area contributed by atoms with Gasteiger partial charge in [-0.25, -0.2) is 9.97 Å². The van der Waals surface area contributed by atoms with Crippen LogP contribution in [0.25, 0.3) is 0 Å². The van der Waals surface area contributed by atoms with Crippen LogP contribution in [0.15, 0.2) is 30.6 Å². The molecule has 2 aromatic heterocycles. The van der Waals surface area contributed by atoms with E-state index in [2.05, 4.69) is 32.1 Å². The van der Waals surface area contributed by atoms with Crippen LogP contribution in [0.2, 0.25) is 0 Å². The summed E-state index contributed by atoms with van der Waals surface area (Å²) in [5.74, 6) is 1.24. The standard InChI is InChI=1S/C18H24N6O/c1-3-23-8-10-24(11-9-23)18(25)16-12-17(22-14(2)21-16)20-13-15-4-6-19-7-5-15/h4-7,12H,3,8-11,13H2,1-2H3,(H,20,21,22). The molecule has 2 aromatic rings. The minimum Gasteiger partial charge on any atom is -0.366 e. The third-order valence-corrected chi connectivity index (χ3v) is 4.39. The van der Waals surface area contributed by atoms with Crippen LogP contribution in [-0.4, -0.2) is 63.4 Å². The van der Waals surface area contributed by atoms with Crippen LogP contribution in [0, 0.1) is 6.92 Å². The summed E-state index contributed by atoms with van der Waals surface area (Å²) in [7, 11) is 0. The number of piperazine rings is 1. The minimum atomic E-state index is -0.0202. The molecule has 0 bridgehead atoms. The van der Waals surface area contributed by atoms with Crippen molar-refractivity contribution in [1.29, 1.82) is 0 Å². The number of amides is 1. The second kappa shape index (κ2) is 8.02. The molecule has 7 heteroatoms. The number of rotatable bonds is 5. The normalized spacial score (nSPS) is 15.2. The van der Waals surface area contributed by atoms with Crippen molar-refractivity contribution in [2.24, 2.45) is 0 Å². The summed E-state index contributed by atoms with van der Waals surface area (Å²) in [5.41, 5.74) is 1.56. The van der Waals surface area contributed by atoms with Gasteiger partial charge in [-0.1, -0.05) is 6.92 Å². The van der Waals surface area contributed by atoms with Crippen LogP contribution in [0.1, 0.15) is 28.8 Å². The number of carbonyl (C=O) groups is 1. The molecule has 3 heterocycles. The minimum absolute atomic E-state index is 0.0202. The van der Waals surface area contributed by atoms with Crippen LogP contribution >= 0.6 is 0 Å². The zero-order valence-corrected chi connectivity index (χ0v) is 14.8. The molecule has 3 rings (SSSR count). The Balaban J connectivity index is 1.67. The first-order valence-electron chi connectivity index (χ1n) is 8.66. The van der Waals surface area contributed by atoms with Gasteiger partial charge >= 0.3 is 0 Å². The van der Waals surface area contributed by atoms with E-state index in [0.717, 1.165) is 38.3 Å². The van der Waals surface area contributed by atoms with Gasteiger partial charge in [-0.2, -0.15) is 0 Å². The van der Waals surface area contributed by atoms with Crippen molar-refractivity contribution < 1.29 is 4.79 Å². The highest BCUT2D eigenvalue weighted by atomic mass is 16.2. The number of nitrogens with zero attached hydrogens (tertiary/aromatic N) is 5. The Bertz CT molecular complexity index is 713. The van der Waals surface area contributed by atoms with Crippen LogP contribution in [0.3, 0.4) is 0 Å². The molecule has 1 amide bonds. The van der Waals surface area contributed by atoms with Crippen LogP contribution in [-0.2, 0) is 6.54 Å². The van der Waals surface area contributed by atoms with Crippen LogP contribution in [0.5, 0.6) is 0 Å². The SMILES string of the molecule is CCN1CCN(C(=O)c2cc(NCc3ccncc3)nc(C)n2)CC1. The molecule has 1 saturated heterocycles. The van der Waals surface area contributed by atoms with Crippen molar-refractivity contribution in [3.8, 4) is 0 Å². The fourth-order valence-electron chi connectivity index (χ4n) is 2.89. The van der Waals surface area contributed by atoms with Gasteiger partial charge in [0.1, 0.15) is 17.3 Å². The van der Waals surface area contributed by atoms with E-state index in [9.17, 15) is 4.79 Å². The van der Waals surface area contributed by atoms with Crippen molar-refractivity contribution in [3.63, 3.8) is 0 Å². The predicted molar refractivity (Wildman–Crippen MR) is 96.4 cm³/mol. The second-order valence-corrected chi connectivity index (χ2v) is 6.12. The fraction of sp³-hybridized carbons (Fsp3) is 0.444. The molecule has 25 heavy (non-hydrogen) atoms. The van der Waals surface area contributed by atoms with E-state index in [1.165, 1.54) is 0 Å². The summed E-state index contributed by atoms with van der Waals surface area (Å²) in [4.78, 5) is 29.7. The molecule has 0 unspecified atom stereocenters. The first-order valence-corrected chi connectivity index (χ1v) is 8.66. The summed E-state index contributed by atoms with van der Waals surface area (Å²) in [5, 5.41) is 3.26. The lowest BCUT2D eigenvalue weighted by Gasteiger charge is -2.33. The first kappa shape index (κ1) is 17.3. The molecule has 0 saturated carbocycles. The van der Waals surface area contributed by atoms with Gasteiger partial charge in [-0.3, -0.25) is 9.78 Å². The largest absolute Gasteiger partial charge is 0.366 e. The molecule has 132 valence electrons. The fourth-order valence-corrected chi connectivity index (χ4v) is 2.89. The zero-order valence-electron chi connectivity index (χ0n) is 14.8. The third kappa shape index (κ3) is 4.51. The van der Waals surface area contributed by atoms with Crippen molar-refractivity contribution in [2.45, 2.75) is 20.4 Å². The van der Waals surface area contributed by atoms with E-state index < -0.39 is 0 Å². The number of aromatic nitrogens is 3. The van der Waals surface area contributed by atoms with E-state index in [1.54, 1.807) is 18.5 Å². The number of hydrogen-bond acceptors (Lipinski definition) is 6. The van der Waals surface area contributed by atoms with Crippen LogP contribution < -0.4 is 5.32 Å². The van der Waals surface area contributed by atoms with Crippen molar-refractivity contribution in [1.82, 2.24) is 24.8 Å². The number of likely N-dealkylation sites (N-methyl/N-ethyl adjacent to an activating group) is 1. The van der Waals surface area contributed by atoms with E-state index in [1.807, 2.05) is 24.0 Å². The molecule has 1 aliphatic heterocycles. The Labute approximate surface area is 148 Å². The molecule has 0 spiro atoms. The number of anilines is 1. The van der Waals surface area contributed by atoms with E-state index in [4.69, 9.17) is 0 Å². The number of aryl methyl sites for hydroxylation is 1. The van der Waals surface area contributed by atoms with Gasteiger partial charge in [0.25, 0.3) is 5.91 Å². The van der Waals surface area contributed by atoms with Crippen molar-refractivity contribution in [2.75, 3.05) is 38.0 Å². The Morgan fingerprint density at radius 2 is 1.88 bits per heavy atom. The molecule has 0 aromatic carbocycles. The summed E-state index contributed by atoms with van der Waals surface area (Å²) < 4.78 is 0. The molecular weight excluding hydrogens is 316 g/mol. The highest BCUT2D eigenvalue weighted by Gasteiger charge is 2.23. The van der Waals surface area contributed by atoms with Crippen LogP contribution in [0.4, 0.5) is 5.82 Å². The van der Waals surface area contributed by atoms with E-state index in [0.29, 0.717) is 23.9 Å². The molecule has 1 N–H and O–H groups in total. The predicted octanol–water partition coefficient (Wildman–Crippen LogP) is 1.57. The highest BCUT2D eigenvalue weighted by molar-refractivity contribution is 5.93. The lowest BCUT2D eigenvalue weighted by atomic mass is 10.2. The van der Waals surface area contributed by atoms with Gasteiger partial charge in [0.2, 0.25) is 0 Å². The topological polar surface area (TPSA) is 74.2 Å². The molecule has 7 nitrogen and oxygen atoms in total. The summed E-state index contributed by atoms with van der Waals surface area (Å²) in [6.45, 7) is 8.93. The van der Waals surface area contributed by atoms with Crippen molar-refractivity contribution in [3.05, 3.63) is 47.7 Å². The Morgan fingerprint density at radius 3 is 2.56 bits per heavy atom. The molecule has 0 radical (unpaired) electrons. The number of hydrogen-bond donors (Lipinski definition) is 1. The van der Waals surface area contributed by atoms with Gasteiger partial charge in [0.15, 0.2) is 0 Å². The van der Waals surface area contributed by atoms with Gasteiger partial charge in [0.05, 0.1) is 0 Å². The Morgan fingerprint density at radius 1 is 1.16 bits per heavy atom. The average molecular weight is 340 g/mol. The maximum absolute atomic E-state index is 12.8. The lowest BCUT2D eigenvalue weighted by Crippen LogP contribution is -2.48. The smallest absolute Gasteiger partial charge is 0.272 e. The highest BCUT2D eigenvalue weighted by Crippen LogP contribution is 2.12. The Hall–Kier alpha value is -2.54. The first-order chi connectivity index (χ1) is 12.2. The van der Waals surface area contributed by atoms with Gasteiger partial charge in [0, 0.05) is 51.2 Å². The molecular formula is C18H24N6O. The zero-order chi connectivity index (χ0) is 17.6. The summed E-state index contributed by atoms with van der Waals surface area (Å²) in [6.07, 6.45) is 3.51. The van der Waals surface area contributed by atoms with E-state index in [-0.39, 0.29) is 5.91 Å². The van der Waals surface area contributed by atoms with E-state index >= 15 is 0 Å². The van der Waals surface area contributed by atoms with Gasteiger partial charge in [-0.15, -0.1) is 0 Å². The number of carbonyl (C=O) groups excluding carboxylic acids is 1. The third-order valence-electron chi connectivity index (χ3n) is 4.39. The maximum Gasteiger partial charge on any atom is 0.272 e. The molecule has 0 aliphatic carbocycles.